The molecule has 0 atom stereocenters. The van der Waals surface area contributed by atoms with Crippen LogP contribution in [0.1, 0.15) is 26.3 Å². The molecule has 24 heavy (non-hydrogen) atoms. The maximum Gasteiger partial charge on any atom is 0.418 e. The van der Waals surface area contributed by atoms with E-state index >= 15 is 0 Å². The van der Waals surface area contributed by atoms with E-state index in [-0.39, 0.29) is 6.09 Å². The maximum atomic E-state index is 12.2. The highest BCUT2D eigenvalue weighted by Crippen LogP contribution is 2.27. The molecular weight excluding hydrogens is 318 g/mol. The number of carbonyl (C=O) groups excluding carboxylic acids is 1. The van der Waals surface area contributed by atoms with Crippen LogP contribution >= 0.6 is 11.8 Å². The van der Waals surface area contributed by atoms with Crippen LogP contribution in [0.25, 0.3) is 10.8 Å². The van der Waals surface area contributed by atoms with Crippen molar-refractivity contribution in [2.45, 2.75) is 37.0 Å². The molecule has 2 aromatic carbocycles. The molecule has 1 aromatic heterocycles. The van der Waals surface area contributed by atoms with Crippen LogP contribution in [-0.2, 0) is 10.5 Å². The van der Waals surface area contributed by atoms with Gasteiger partial charge in [-0.1, -0.05) is 36.4 Å². The largest absolute Gasteiger partial charge is 0.443 e. The van der Waals surface area contributed by atoms with E-state index in [2.05, 4.69) is 36.4 Å². The normalized spacial score (nSPS) is 11.6. The Kier molecular flexibility index (Phi) is 4.67. The number of nitrogens with zero attached hydrogens (tertiary/aromatic N) is 1. The molecule has 0 bridgehead atoms. The first-order valence-corrected chi connectivity index (χ1v) is 8.91. The van der Waals surface area contributed by atoms with Crippen LogP contribution < -0.4 is 0 Å². The van der Waals surface area contributed by atoms with Crippen molar-refractivity contribution in [3.63, 3.8) is 0 Å². The summed E-state index contributed by atoms with van der Waals surface area (Å²) in [5.41, 5.74) is 0.804. The lowest BCUT2D eigenvalue weighted by Crippen LogP contribution is -2.26. The van der Waals surface area contributed by atoms with Crippen molar-refractivity contribution >= 4 is 28.6 Å². The van der Waals surface area contributed by atoms with Crippen molar-refractivity contribution in [1.29, 1.82) is 0 Å². The number of carbonyl (C=O) groups is 1. The van der Waals surface area contributed by atoms with E-state index < -0.39 is 5.60 Å². The number of aromatic nitrogens is 1. The Balaban J connectivity index is 1.75. The van der Waals surface area contributed by atoms with Crippen molar-refractivity contribution in [3.8, 4) is 0 Å². The smallest absolute Gasteiger partial charge is 0.418 e. The first-order chi connectivity index (χ1) is 11.4. The highest BCUT2D eigenvalue weighted by atomic mass is 32.2. The number of rotatable bonds is 3. The molecule has 0 radical (unpaired) electrons. The Bertz CT molecular complexity index is 847. The lowest BCUT2D eigenvalue weighted by atomic mass is 10.2. The van der Waals surface area contributed by atoms with Gasteiger partial charge in [0.1, 0.15) is 5.60 Å². The summed E-state index contributed by atoms with van der Waals surface area (Å²) in [5.74, 6) is 0.930. The fourth-order valence-electron chi connectivity index (χ4n) is 2.37. The highest BCUT2D eigenvalue weighted by molar-refractivity contribution is 7.98. The summed E-state index contributed by atoms with van der Waals surface area (Å²) in [6, 6.07) is 16.7. The van der Waals surface area contributed by atoms with Crippen molar-refractivity contribution in [1.82, 2.24) is 4.57 Å². The van der Waals surface area contributed by atoms with Crippen LogP contribution in [0.3, 0.4) is 0 Å². The summed E-state index contributed by atoms with van der Waals surface area (Å²) < 4.78 is 6.92. The zero-order chi connectivity index (χ0) is 17.2. The number of ether oxygens (including phenoxy) is 1. The lowest BCUT2D eigenvalue weighted by Gasteiger charge is -2.19. The Morgan fingerprint density at radius 2 is 1.75 bits per heavy atom. The number of thioether (sulfide) groups is 1. The van der Waals surface area contributed by atoms with E-state index in [0.29, 0.717) is 0 Å². The molecule has 3 rings (SSSR count). The van der Waals surface area contributed by atoms with Gasteiger partial charge in [0, 0.05) is 33.8 Å². The Morgan fingerprint density at radius 1 is 1.04 bits per heavy atom. The topological polar surface area (TPSA) is 31.2 Å². The number of benzene rings is 2. The van der Waals surface area contributed by atoms with Gasteiger partial charge in [0.15, 0.2) is 0 Å². The van der Waals surface area contributed by atoms with E-state index in [4.69, 9.17) is 4.74 Å². The number of fused-ring (bicyclic) bond motifs is 1. The first-order valence-electron chi connectivity index (χ1n) is 7.92. The van der Waals surface area contributed by atoms with Gasteiger partial charge >= 0.3 is 6.09 Å². The molecule has 3 aromatic rings. The average Bonchev–Trinajstić information content (AvgIpc) is 2.96. The van der Waals surface area contributed by atoms with Crippen LogP contribution in [0, 0.1) is 0 Å². The fraction of sp³-hybridized carbons (Fsp3) is 0.250. The molecule has 0 unspecified atom stereocenters. The van der Waals surface area contributed by atoms with Gasteiger partial charge in [-0.25, -0.2) is 4.79 Å². The van der Waals surface area contributed by atoms with Crippen LogP contribution in [0.15, 0.2) is 65.8 Å². The molecule has 3 nitrogen and oxygen atoms in total. The summed E-state index contributed by atoms with van der Waals surface area (Å²) >= 11 is 1.79. The molecule has 0 aliphatic rings. The quantitative estimate of drug-likeness (QED) is 0.572. The highest BCUT2D eigenvalue weighted by Gasteiger charge is 2.17. The first kappa shape index (κ1) is 16.7. The van der Waals surface area contributed by atoms with E-state index in [1.807, 2.05) is 45.3 Å². The minimum absolute atomic E-state index is 0.350. The van der Waals surface area contributed by atoms with Crippen LogP contribution in [0.5, 0.6) is 0 Å². The third-order valence-electron chi connectivity index (χ3n) is 3.47. The van der Waals surface area contributed by atoms with Crippen LogP contribution in [-0.4, -0.2) is 16.3 Å². The molecule has 0 aliphatic carbocycles. The van der Waals surface area contributed by atoms with Crippen molar-refractivity contribution in [2.24, 2.45) is 0 Å². The molecule has 0 fully saturated rings. The van der Waals surface area contributed by atoms with Gasteiger partial charge in [-0.2, -0.15) is 0 Å². The van der Waals surface area contributed by atoms with Gasteiger partial charge < -0.3 is 4.74 Å². The summed E-state index contributed by atoms with van der Waals surface area (Å²) in [5, 5.41) is 2.07. The predicted molar refractivity (Wildman–Crippen MR) is 99.6 cm³/mol. The minimum atomic E-state index is -0.496. The van der Waals surface area contributed by atoms with Crippen molar-refractivity contribution < 1.29 is 9.53 Å². The standard InChI is InChI=1S/C20H21NO2S/c1-20(2,3)23-19(22)21-12-16-9-10-18(11-17(16)13-21)24-14-15-7-5-4-6-8-15/h4-13H,14H2,1-3H3. The average molecular weight is 339 g/mol. The Hall–Kier alpha value is -2.20. The van der Waals surface area contributed by atoms with Crippen molar-refractivity contribution in [2.75, 3.05) is 0 Å². The zero-order valence-corrected chi connectivity index (χ0v) is 15.0. The molecule has 124 valence electrons. The Morgan fingerprint density at radius 3 is 2.46 bits per heavy atom. The van der Waals surface area contributed by atoms with Crippen LogP contribution in [0.4, 0.5) is 4.79 Å². The molecule has 0 N–H and O–H groups in total. The molecule has 0 aliphatic heterocycles. The minimum Gasteiger partial charge on any atom is -0.443 e. The predicted octanol–water partition coefficient (Wildman–Crippen LogP) is 5.72. The van der Waals surface area contributed by atoms with Gasteiger partial charge in [0.25, 0.3) is 0 Å². The van der Waals surface area contributed by atoms with E-state index in [0.717, 1.165) is 16.5 Å². The van der Waals surface area contributed by atoms with Crippen molar-refractivity contribution in [3.05, 3.63) is 66.5 Å². The second kappa shape index (κ2) is 6.73. The fourth-order valence-corrected chi connectivity index (χ4v) is 3.27. The SMILES string of the molecule is CC(C)(C)OC(=O)n1cc2ccc(SCc3ccccc3)cc2c1. The van der Waals surface area contributed by atoms with E-state index in [1.54, 1.807) is 11.8 Å². The summed E-state index contributed by atoms with van der Waals surface area (Å²) in [7, 11) is 0. The van der Waals surface area contributed by atoms with Crippen LogP contribution in [0.2, 0.25) is 0 Å². The third-order valence-corrected chi connectivity index (χ3v) is 4.53. The van der Waals surface area contributed by atoms with E-state index in [9.17, 15) is 4.79 Å². The molecule has 0 saturated carbocycles. The molecular formula is C20H21NO2S. The molecule has 0 spiro atoms. The van der Waals surface area contributed by atoms with Gasteiger partial charge in [0.2, 0.25) is 0 Å². The second-order valence-corrected chi connectivity index (χ2v) is 7.76. The lowest BCUT2D eigenvalue weighted by molar-refractivity contribution is 0.0538. The molecule has 4 heteroatoms. The van der Waals surface area contributed by atoms with Gasteiger partial charge in [0.05, 0.1) is 0 Å². The zero-order valence-electron chi connectivity index (χ0n) is 14.2. The van der Waals surface area contributed by atoms with E-state index in [1.165, 1.54) is 15.0 Å². The molecule has 0 saturated heterocycles. The van der Waals surface area contributed by atoms with Gasteiger partial charge in [-0.05, 0) is 38.5 Å². The van der Waals surface area contributed by atoms with Gasteiger partial charge in [-0.3, -0.25) is 4.57 Å². The van der Waals surface area contributed by atoms with Gasteiger partial charge in [-0.15, -0.1) is 11.8 Å². The Labute approximate surface area is 146 Å². The maximum absolute atomic E-state index is 12.2. The number of hydrogen-bond acceptors (Lipinski definition) is 3. The summed E-state index contributed by atoms with van der Waals surface area (Å²) in [6.45, 7) is 5.60. The molecule has 1 heterocycles. The summed E-state index contributed by atoms with van der Waals surface area (Å²) in [4.78, 5) is 13.3. The molecule has 0 amide bonds. The third kappa shape index (κ3) is 4.20. The number of hydrogen-bond donors (Lipinski definition) is 0. The second-order valence-electron chi connectivity index (χ2n) is 6.71. The monoisotopic (exact) mass is 339 g/mol. The summed E-state index contributed by atoms with van der Waals surface area (Å²) in [6.07, 6.45) is 3.29.